The average Bonchev–Trinajstić information content (AvgIpc) is 2.44. The summed E-state index contributed by atoms with van der Waals surface area (Å²) in [5, 5.41) is 12.9. The van der Waals surface area contributed by atoms with E-state index in [0.717, 1.165) is 13.0 Å². The summed E-state index contributed by atoms with van der Waals surface area (Å²) in [6, 6.07) is 0.0247. The van der Waals surface area contributed by atoms with Crippen LogP contribution in [0, 0.1) is 5.92 Å². The number of likely N-dealkylation sites (tertiary alicyclic amines) is 1. The van der Waals surface area contributed by atoms with Gasteiger partial charge in [0.15, 0.2) is 0 Å². The summed E-state index contributed by atoms with van der Waals surface area (Å²) in [5.41, 5.74) is -0.430. The van der Waals surface area contributed by atoms with Gasteiger partial charge in [0.2, 0.25) is 0 Å². The van der Waals surface area contributed by atoms with E-state index >= 15 is 0 Å². The molecule has 0 radical (unpaired) electrons. The Morgan fingerprint density at radius 1 is 1.38 bits per heavy atom. The SMILES string of the molecule is CCCNC(C)(CO)CC(C)N1CCCC(C(F)(F)F)C1. The molecule has 0 aliphatic carbocycles. The van der Waals surface area contributed by atoms with Crippen LogP contribution in [-0.2, 0) is 0 Å². The summed E-state index contributed by atoms with van der Waals surface area (Å²) < 4.78 is 38.6. The van der Waals surface area contributed by atoms with Crippen LogP contribution in [-0.4, -0.2) is 54.0 Å². The second-order valence-electron chi connectivity index (χ2n) is 6.57. The molecule has 0 saturated carbocycles. The lowest BCUT2D eigenvalue weighted by molar-refractivity contribution is -0.188. The van der Waals surface area contributed by atoms with Gasteiger partial charge in [0.25, 0.3) is 0 Å². The normalized spacial score (nSPS) is 25.6. The van der Waals surface area contributed by atoms with Gasteiger partial charge in [-0.15, -0.1) is 0 Å². The number of alkyl halides is 3. The molecule has 0 spiro atoms. The smallest absolute Gasteiger partial charge is 0.393 e. The van der Waals surface area contributed by atoms with Crippen LogP contribution in [0.1, 0.15) is 46.5 Å². The number of piperidine rings is 1. The highest BCUT2D eigenvalue weighted by Crippen LogP contribution is 2.34. The molecular weight excluding hydrogens is 281 g/mol. The molecule has 0 amide bonds. The fourth-order valence-electron chi connectivity index (χ4n) is 3.07. The Hall–Kier alpha value is -0.330. The van der Waals surface area contributed by atoms with Crippen molar-refractivity contribution in [2.75, 3.05) is 26.2 Å². The van der Waals surface area contributed by atoms with Gasteiger partial charge in [0, 0.05) is 18.1 Å². The molecule has 0 bridgehead atoms. The van der Waals surface area contributed by atoms with E-state index in [1.54, 1.807) is 0 Å². The van der Waals surface area contributed by atoms with Gasteiger partial charge in [-0.3, -0.25) is 4.90 Å². The van der Waals surface area contributed by atoms with E-state index in [9.17, 15) is 18.3 Å². The van der Waals surface area contributed by atoms with Crippen LogP contribution in [0.3, 0.4) is 0 Å². The van der Waals surface area contributed by atoms with Gasteiger partial charge in [-0.1, -0.05) is 6.92 Å². The molecule has 3 atom stereocenters. The van der Waals surface area contributed by atoms with E-state index in [2.05, 4.69) is 5.32 Å². The lowest BCUT2D eigenvalue weighted by Crippen LogP contribution is -2.53. The van der Waals surface area contributed by atoms with Crippen LogP contribution >= 0.6 is 0 Å². The molecule has 126 valence electrons. The van der Waals surface area contributed by atoms with E-state index in [4.69, 9.17) is 0 Å². The third-order valence-electron chi connectivity index (χ3n) is 4.44. The van der Waals surface area contributed by atoms with E-state index in [-0.39, 0.29) is 25.6 Å². The van der Waals surface area contributed by atoms with Crippen molar-refractivity contribution in [3.8, 4) is 0 Å². The van der Waals surface area contributed by atoms with Crippen molar-refractivity contribution in [1.82, 2.24) is 10.2 Å². The summed E-state index contributed by atoms with van der Waals surface area (Å²) in [5.74, 6) is -1.21. The molecule has 0 aromatic heterocycles. The number of halogens is 3. The summed E-state index contributed by atoms with van der Waals surface area (Å²) in [6.07, 6.45) is -1.66. The Labute approximate surface area is 125 Å². The molecule has 1 saturated heterocycles. The molecule has 1 fully saturated rings. The molecule has 1 aliphatic heterocycles. The first-order chi connectivity index (χ1) is 9.72. The number of rotatable bonds is 7. The molecule has 3 unspecified atom stereocenters. The molecule has 0 aromatic rings. The molecule has 1 rings (SSSR count). The monoisotopic (exact) mass is 310 g/mol. The highest BCUT2D eigenvalue weighted by Gasteiger charge is 2.42. The molecule has 6 heteroatoms. The predicted molar refractivity (Wildman–Crippen MR) is 78.2 cm³/mol. The fraction of sp³-hybridized carbons (Fsp3) is 1.00. The molecule has 21 heavy (non-hydrogen) atoms. The standard InChI is InChI=1S/C15H29F3N2O/c1-4-7-19-14(3,11-21)9-12(2)20-8-5-6-13(10-20)15(16,17)18/h12-13,19,21H,4-11H2,1-3H3. The highest BCUT2D eigenvalue weighted by molar-refractivity contribution is 4.89. The second kappa shape index (κ2) is 7.79. The van der Waals surface area contributed by atoms with Crippen LogP contribution in [0.5, 0.6) is 0 Å². The van der Waals surface area contributed by atoms with Crippen LogP contribution in [0.25, 0.3) is 0 Å². The Kier molecular flexibility index (Phi) is 6.94. The van der Waals surface area contributed by atoms with Crippen molar-refractivity contribution in [3.05, 3.63) is 0 Å². The van der Waals surface area contributed by atoms with Crippen LogP contribution < -0.4 is 5.32 Å². The lowest BCUT2D eigenvalue weighted by Gasteiger charge is -2.41. The highest BCUT2D eigenvalue weighted by atomic mass is 19.4. The molecular formula is C15H29F3N2O. The molecule has 0 aromatic carbocycles. The molecule has 1 aliphatic rings. The number of aliphatic hydroxyl groups is 1. The zero-order chi connectivity index (χ0) is 16.1. The lowest BCUT2D eigenvalue weighted by atomic mass is 9.90. The number of aliphatic hydroxyl groups excluding tert-OH is 1. The van der Waals surface area contributed by atoms with Crippen LogP contribution in [0.4, 0.5) is 13.2 Å². The maximum absolute atomic E-state index is 12.9. The number of nitrogens with zero attached hydrogens (tertiary/aromatic N) is 1. The minimum absolute atomic E-state index is 0.00607. The first-order valence-electron chi connectivity index (χ1n) is 7.88. The second-order valence-corrected chi connectivity index (χ2v) is 6.57. The third kappa shape index (κ3) is 5.75. The van der Waals surface area contributed by atoms with E-state index in [0.29, 0.717) is 19.4 Å². The van der Waals surface area contributed by atoms with Crippen LogP contribution in [0.2, 0.25) is 0 Å². The first-order valence-corrected chi connectivity index (χ1v) is 7.88. The number of hydrogen-bond donors (Lipinski definition) is 2. The minimum Gasteiger partial charge on any atom is -0.394 e. The van der Waals surface area contributed by atoms with E-state index in [1.807, 2.05) is 25.7 Å². The maximum atomic E-state index is 12.9. The Balaban J connectivity index is 2.59. The number of hydrogen-bond acceptors (Lipinski definition) is 3. The summed E-state index contributed by atoms with van der Waals surface area (Å²) in [6.45, 7) is 7.53. The average molecular weight is 310 g/mol. The molecule has 3 nitrogen and oxygen atoms in total. The van der Waals surface area contributed by atoms with Gasteiger partial charge < -0.3 is 10.4 Å². The van der Waals surface area contributed by atoms with Gasteiger partial charge in [-0.25, -0.2) is 0 Å². The summed E-state index contributed by atoms with van der Waals surface area (Å²) >= 11 is 0. The zero-order valence-electron chi connectivity index (χ0n) is 13.3. The number of nitrogens with one attached hydrogen (secondary N) is 1. The van der Waals surface area contributed by atoms with Crippen molar-refractivity contribution in [1.29, 1.82) is 0 Å². The van der Waals surface area contributed by atoms with Crippen molar-refractivity contribution in [2.24, 2.45) is 5.92 Å². The first kappa shape index (κ1) is 18.7. The molecule has 2 N–H and O–H groups in total. The van der Waals surface area contributed by atoms with Gasteiger partial charge in [0.05, 0.1) is 12.5 Å². The van der Waals surface area contributed by atoms with Crippen molar-refractivity contribution in [3.63, 3.8) is 0 Å². The quantitative estimate of drug-likeness (QED) is 0.759. The minimum atomic E-state index is -4.10. The summed E-state index contributed by atoms with van der Waals surface area (Å²) in [7, 11) is 0. The van der Waals surface area contributed by atoms with Crippen molar-refractivity contribution >= 4 is 0 Å². The van der Waals surface area contributed by atoms with Gasteiger partial charge >= 0.3 is 6.18 Å². The van der Waals surface area contributed by atoms with E-state index < -0.39 is 17.6 Å². The largest absolute Gasteiger partial charge is 0.394 e. The zero-order valence-corrected chi connectivity index (χ0v) is 13.3. The van der Waals surface area contributed by atoms with Crippen molar-refractivity contribution in [2.45, 2.75) is 64.2 Å². The summed E-state index contributed by atoms with van der Waals surface area (Å²) in [4.78, 5) is 1.92. The van der Waals surface area contributed by atoms with Crippen LogP contribution in [0.15, 0.2) is 0 Å². The van der Waals surface area contributed by atoms with Gasteiger partial charge in [-0.05, 0) is 52.6 Å². The van der Waals surface area contributed by atoms with Gasteiger partial charge in [0.1, 0.15) is 0 Å². The Bertz CT molecular complexity index is 312. The Morgan fingerprint density at radius 2 is 2.05 bits per heavy atom. The maximum Gasteiger partial charge on any atom is 0.393 e. The molecule has 1 heterocycles. The fourth-order valence-corrected chi connectivity index (χ4v) is 3.07. The third-order valence-corrected chi connectivity index (χ3v) is 4.44. The van der Waals surface area contributed by atoms with Crippen molar-refractivity contribution < 1.29 is 18.3 Å². The Morgan fingerprint density at radius 3 is 2.57 bits per heavy atom. The van der Waals surface area contributed by atoms with Gasteiger partial charge in [-0.2, -0.15) is 13.2 Å². The predicted octanol–water partition coefficient (Wildman–Crippen LogP) is 2.79. The topological polar surface area (TPSA) is 35.5 Å². The van der Waals surface area contributed by atoms with E-state index in [1.165, 1.54) is 0 Å².